The van der Waals surface area contributed by atoms with Gasteiger partial charge in [-0.25, -0.2) is 0 Å². The van der Waals surface area contributed by atoms with Crippen molar-refractivity contribution < 1.29 is 9.53 Å². The molecule has 84 valence electrons. The van der Waals surface area contributed by atoms with Crippen LogP contribution in [0.3, 0.4) is 0 Å². The van der Waals surface area contributed by atoms with Crippen LogP contribution in [0, 0.1) is 0 Å². The first-order chi connectivity index (χ1) is 6.57. The van der Waals surface area contributed by atoms with Crippen LogP contribution in [0.4, 0.5) is 0 Å². The zero-order valence-electron chi connectivity index (χ0n) is 9.38. The van der Waals surface area contributed by atoms with E-state index in [4.69, 9.17) is 10.5 Å². The van der Waals surface area contributed by atoms with E-state index in [9.17, 15) is 4.79 Å². The average Bonchev–Trinajstić information content (AvgIpc) is 2.15. The summed E-state index contributed by atoms with van der Waals surface area (Å²) in [6, 6.07) is -0.374. The molecule has 0 radical (unpaired) electrons. The van der Waals surface area contributed by atoms with E-state index < -0.39 is 0 Å². The third kappa shape index (κ3) is 6.86. The van der Waals surface area contributed by atoms with E-state index in [1.807, 2.05) is 20.8 Å². The number of nitrogens with two attached hydrogens (primary N) is 1. The largest absolute Gasteiger partial charge is 0.379 e. The molecule has 0 rings (SSSR count). The Morgan fingerprint density at radius 1 is 1.50 bits per heavy atom. The van der Waals surface area contributed by atoms with Crippen LogP contribution in [0.1, 0.15) is 33.6 Å². The number of carbonyl (C=O) groups is 1. The second kappa shape index (κ2) is 7.76. The summed E-state index contributed by atoms with van der Waals surface area (Å²) in [6.45, 7) is 7.20. The van der Waals surface area contributed by atoms with Crippen molar-refractivity contribution in [1.82, 2.24) is 5.32 Å². The van der Waals surface area contributed by atoms with E-state index in [-0.39, 0.29) is 18.1 Å². The first kappa shape index (κ1) is 13.4. The summed E-state index contributed by atoms with van der Waals surface area (Å²) in [6.07, 6.45) is 1.76. The molecule has 1 amide bonds. The zero-order chi connectivity index (χ0) is 11.0. The van der Waals surface area contributed by atoms with Gasteiger partial charge in [-0.2, -0.15) is 0 Å². The fourth-order valence-electron chi connectivity index (χ4n) is 0.919. The van der Waals surface area contributed by atoms with Crippen LogP contribution >= 0.6 is 0 Å². The Bertz CT molecular complexity index is 160. The van der Waals surface area contributed by atoms with Crippen LogP contribution in [0.25, 0.3) is 0 Å². The molecule has 3 N–H and O–H groups in total. The molecule has 14 heavy (non-hydrogen) atoms. The number of amides is 1. The average molecular weight is 202 g/mol. The molecule has 0 saturated heterocycles. The van der Waals surface area contributed by atoms with E-state index >= 15 is 0 Å². The predicted octanol–water partition coefficient (Wildman–Crippen LogP) is 0.655. The van der Waals surface area contributed by atoms with Gasteiger partial charge in [-0.05, 0) is 26.7 Å². The lowest BCUT2D eigenvalue weighted by atomic mass is 10.2. The van der Waals surface area contributed by atoms with Crippen LogP contribution in [0.5, 0.6) is 0 Å². The Balaban J connectivity index is 3.32. The molecule has 0 aliphatic carbocycles. The first-order valence-electron chi connectivity index (χ1n) is 5.22. The maximum atomic E-state index is 11.2. The van der Waals surface area contributed by atoms with Gasteiger partial charge in [-0.1, -0.05) is 6.92 Å². The highest BCUT2D eigenvalue weighted by Gasteiger charge is 2.08. The highest BCUT2D eigenvalue weighted by atomic mass is 16.5. The third-order valence-electron chi connectivity index (χ3n) is 1.85. The van der Waals surface area contributed by atoms with E-state index in [2.05, 4.69) is 5.32 Å². The van der Waals surface area contributed by atoms with E-state index in [0.29, 0.717) is 19.6 Å². The Morgan fingerprint density at radius 3 is 2.64 bits per heavy atom. The minimum atomic E-state index is -0.374. The minimum absolute atomic E-state index is 0.0722. The molecule has 0 bridgehead atoms. The van der Waals surface area contributed by atoms with E-state index in [1.54, 1.807) is 0 Å². The van der Waals surface area contributed by atoms with Gasteiger partial charge in [0.15, 0.2) is 0 Å². The molecule has 0 fully saturated rings. The normalized spacial score (nSPS) is 12.9. The summed E-state index contributed by atoms with van der Waals surface area (Å²) in [5.41, 5.74) is 5.54. The molecule has 1 atom stereocenters. The van der Waals surface area contributed by atoms with Crippen molar-refractivity contribution in [3.8, 4) is 0 Å². The van der Waals surface area contributed by atoms with Gasteiger partial charge in [0.25, 0.3) is 0 Å². The quantitative estimate of drug-likeness (QED) is 0.596. The van der Waals surface area contributed by atoms with Crippen molar-refractivity contribution >= 4 is 5.91 Å². The van der Waals surface area contributed by atoms with E-state index in [0.717, 1.165) is 6.42 Å². The maximum Gasteiger partial charge on any atom is 0.236 e. The summed E-state index contributed by atoms with van der Waals surface area (Å²) in [7, 11) is 0. The maximum absolute atomic E-state index is 11.2. The van der Waals surface area contributed by atoms with E-state index in [1.165, 1.54) is 0 Å². The fraction of sp³-hybridized carbons (Fsp3) is 0.900. The van der Waals surface area contributed by atoms with Crippen molar-refractivity contribution in [2.24, 2.45) is 5.73 Å². The van der Waals surface area contributed by atoms with Gasteiger partial charge in [0.1, 0.15) is 0 Å². The van der Waals surface area contributed by atoms with Crippen molar-refractivity contribution in [2.75, 3.05) is 13.2 Å². The van der Waals surface area contributed by atoms with Gasteiger partial charge in [-0.3, -0.25) is 4.79 Å². The monoisotopic (exact) mass is 202 g/mol. The molecule has 0 heterocycles. The fourth-order valence-corrected chi connectivity index (χ4v) is 0.919. The number of rotatable bonds is 7. The molecule has 0 unspecified atom stereocenters. The van der Waals surface area contributed by atoms with Crippen LogP contribution in [-0.4, -0.2) is 31.2 Å². The summed E-state index contributed by atoms with van der Waals surface area (Å²) >= 11 is 0. The minimum Gasteiger partial charge on any atom is -0.379 e. The molecule has 0 saturated carbocycles. The standard InChI is InChI=1S/C10H22N2O2/c1-4-9(11)10(13)12-6-5-7-14-8(2)3/h8-9H,4-7,11H2,1-3H3,(H,12,13)/t9-/m1/s1. The van der Waals surface area contributed by atoms with Gasteiger partial charge in [-0.15, -0.1) is 0 Å². The first-order valence-corrected chi connectivity index (χ1v) is 5.22. The van der Waals surface area contributed by atoms with Crippen molar-refractivity contribution in [3.63, 3.8) is 0 Å². The lowest BCUT2D eigenvalue weighted by Crippen LogP contribution is -2.40. The molecule has 0 aliphatic heterocycles. The molecule has 0 aliphatic rings. The third-order valence-corrected chi connectivity index (χ3v) is 1.85. The highest BCUT2D eigenvalue weighted by Crippen LogP contribution is 1.90. The van der Waals surface area contributed by atoms with Gasteiger partial charge in [0.05, 0.1) is 12.1 Å². The van der Waals surface area contributed by atoms with Crippen molar-refractivity contribution in [3.05, 3.63) is 0 Å². The number of hydrogen-bond donors (Lipinski definition) is 2. The molecule has 0 aromatic rings. The van der Waals surface area contributed by atoms with Gasteiger partial charge in [0, 0.05) is 13.2 Å². The van der Waals surface area contributed by atoms with Crippen LogP contribution in [0.15, 0.2) is 0 Å². The molecule has 0 spiro atoms. The molecule has 4 heteroatoms. The number of carbonyl (C=O) groups excluding carboxylic acids is 1. The molecular weight excluding hydrogens is 180 g/mol. The number of nitrogens with one attached hydrogen (secondary N) is 1. The number of hydrogen-bond acceptors (Lipinski definition) is 3. The summed E-state index contributed by atoms with van der Waals surface area (Å²) in [4.78, 5) is 11.2. The Kier molecular flexibility index (Phi) is 7.42. The molecule has 0 aromatic carbocycles. The molecule has 0 aromatic heterocycles. The summed E-state index contributed by atoms with van der Waals surface area (Å²) < 4.78 is 5.33. The van der Waals surface area contributed by atoms with Crippen LogP contribution in [0.2, 0.25) is 0 Å². The smallest absolute Gasteiger partial charge is 0.236 e. The summed E-state index contributed by atoms with van der Waals surface area (Å²) in [5.74, 6) is -0.0722. The second-order valence-electron chi connectivity index (χ2n) is 3.58. The topological polar surface area (TPSA) is 64.4 Å². The Morgan fingerprint density at radius 2 is 2.14 bits per heavy atom. The van der Waals surface area contributed by atoms with Gasteiger partial charge >= 0.3 is 0 Å². The van der Waals surface area contributed by atoms with Crippen molar-refractivity contribution in [2.45, 2.75) is 45.8 Å². The Labute approximate surface area is 86.2 Å². The van der Waals surface area contributed by atoms with Crippen molar-refractivity contribution in [1.29, 1.82) is 0 Å². The van der Waals surface area contributed by atoms with Gasteiger partial charge in [0.2, 0.25) is 5.91 Å². The second-order valence-corrected chi connectivity index (χ2v) is 3.58. The van der Waals surface area contributed by atoms with Crippen LogP contribution in [-0.2, 0) is 9.53 Å². The SMILES string of the molecule is CC[C@@H](N)C(=O)NCCCOC(C)C. The zero-order valence-corrected chi connectivity index (χ0v) is 9.38. The summed E-state index contributed by atoms with van der Waals surface area (Å²) in [5, 5.41) is 2.76. The molecule has 4 nitrogen and oxygen atoms in total. The Hall–Kier alpha value is -0.610. The lowest BCUT2D eigenvalue weighted by Gasteiger charge is -2.10. The highest BCUT2D eigenvalue weighted by molar-refractivity contribution is 5.81. The number of ether oxygens (including phenoxy) is 1. The predicted molar refractivity (Wildman–Crippen MR) is 57.0 cm³/mol. The molecular formula is C10H22N2O2. The van der Waals surface area contributed by atoms with Gasteiger partial charge < -0.3 is 15.8 Å². The van der Waals surface area contributed by atoms with Crippen LogP contribution < -0.4 is 11.1 Å². The lowest BCUT2D eigenvalue weighted by molar-refractivity contribution is -0.122.